The number of rotatable bonds is 2. The largest absolute Gasteiger partial charge is 0.371 e. The van der Waals surface area contributed by atoms with E-state index in [1.807, 2.05) is 0 Å². The second-order valence-electron chi connectivity index (χ2n) is 1.26. The summed E-state index contributed by atoms with van der Waals surface area (Å²) >= 11 is 4.81. The Morgan fingerprint density at radius 3 is 2.00 bits per heavy atom. The first-order chi connectivity index (χ1) is 3.55. The van der Waals surface area contributed by atoms with Crippen molar-refractivity contribution < 1.29 is 14.7 Å². The number of halogens is 1. The molecule has 0 aliphatic heterocycles. The number of aliphatic hydroxyl groups excluding tert-OH is 1. The van der Waals surface area contributed by atoms with Crippen molar-refractivity contribution in [1.29, 1.82) is 0 Å². The molecule has 0 saturated carbocycles. The van der Waals surface area contributed by atoms with E-state index in [2.05, 4.69) is 0 Å². The summed E-state index contributed by atoms with van der Waals surface area (Å²) in [6.45, 7) is 1.05. The van der Waals surface area contributed by atoms with E-state index in [4.69, 9.17) is 16.7 Å². The van der Waals surface area contributed by atoms with E-state index < -0.39 is 17.1 Å². The van der Waals surface area contributed by atoms with Crippen LogP contribution in [-0.4, -0.2) is 22.2 Å². The van der Waals surface area contributed by atoms with Crippen LogP contribution >= 0.6 is 11.6 Å². The number of aliphatic hydroxyl groups is 1. The molecule has 0 bridgehead atoms. The predicted molar refractivity (Wildman–Crippen MR) is 27.5 cm³/mol. The maximum atomic E-state index is 10.1. The van der Waals surface area contributed by atoms with E-state index in [-0.39, 0.29) is 0 Å². The molecule has 0 saturated heterocycles. The van der Waals surface area contributed by atoms with Gasteiger partial charge >= 0.3 is 0 Å². The second kappa shape index (κ2) is 2.79. The zero-order valence-electron chi connectivity index (χ0n) is 4.22. The number of carbonyl (C=O) groups excluding carboxylic acids is 2. The van der Waals surface area contributed by atoms with Crippen LogP contribution in [0.25, 0.3) is 0 Å². The van der Waals surface area contributed by atoms with Crippen LogP contribution in [0, 0.1) is 0 Å². The standard InChI is InChI=1S/C4H5ClO3/c1-2(6)3(7)4(5)8/h4,8H,1H3. The summed E-state index contributed by atoms with van der Waals surface area (Å²) in [6, 6.07) is 0. The van der Waals surface area contributed by atoms with Gasteiger partial charge in [0.25, 0.3) is 0 Å². The monoisotopic (exact) mass is 136 g/mol. The van der Waals surface area contributed by atoms with Crippen molar-refractivity contribution in [3.8, 4) is 0 Å². The van der Waals surface area contributed by atoms with Gasteiger partial charge in [0.15, 0.2) is 11.3 Å². The highest BCUT2D eigenvalue weighted by Gasteiger charge is 2.15. The van der Waals surface area contributed by atoms with Crippen LogP contribution in [0.4, 0.5) is 0 Å². The van der Waals surface area contributed by atoms with E-state index >= 15 is 0 Å². The van der Waals surface area contributed by atoms with Gasteiger partial charge in [-0.1, -0.05) is 11.6 Å². The summed E-state index contributed by atoms with van der Waals surface area (Å²) < 4.78 is 0. The fraction of sp³-hybridized carbons (Fsp3) is 0.500. The molecule has 0 aromatic carbocycles. The summed E-state index contributed by atoms with van der Waals surface area (Å²) in [4.78, 5) is 20.1. The van der Waals surface area contributed by atoms with Crippen LogP contribution in [-0.2, 0) is 9.59 Å². The molecule has 0 aromatic heterocycles. The van der Waals surface area contributed by atoms with Crippen LogP contribution in [0.1, 0.15) is 6.92 Å². The highest BCUT2D eigenvalue weighted by atomic mass is 35.5. The van der Waals surface area contributed by atoms with Crippen molar-refractivity contribution in [1.82, 2.24) is 0 Å². The Morgan fingerprint density at radius 1 is 1.62 bits per heavy atom. The number of alkyl halides is 1. The second-order valence-corrected chi connectivity index (χ2v) is 1.67. The lowest BCUT2D eigenvalue weighted by atomic mass is 10.3. The molecule has 0 rings (SSSR count). The molecule has 3 nitrogen and oxygen atoms in total. The number of hydrogen-bond acceptors (Lipinski definition) is 3. The molecule has 1 unspecified atom stereocenters. The summed E-state index contributed by atoms with van der Waals surface area (Å²) in [5.41, 5.74) is -1.67. The molecule has 0 amide bonds. The van der Waals surface area contributed by atoms with Crippen LogP contribution in [0.5, 0.6) is 0 Å². The fourth-order valence-corrected chi connectivity index (χ4v) is 0.321. The van der Waals surface area contributed by atoms with Gasteiger partial charge in [-0.05, 0) is 0 Å². The van der Waals surface area contributed by atoms with Gasteiger partial charge < -0.3 is 5.11 Å². The van der Waals surface area contributed by atoms with E-state index in [1.54, 1.807) is 0 Å². The molecule has 0 aliphatic carbocycles. The van der Waals surface area contributed by atoms with Gasteiger partial charge in [-0.2, -0.15) is 0 Å². The maximum Gasteiger partial charge on any atom is 0.241 e. The first-order valence-corrected chi connectivity index (χ1v) is 2.36. The summed E-state index contributed by atoms with van der Waals surface area (Å²) in [7, 11) is 0. The summed E-state index contributed by atoms with van der Waals surface area (Å²) in [6.07, 6.45) is 0. The Kier molecular flexibility index (Phi) is 2.65. The summed E-state index contributed by atoms with van der Waals surface area (Å²) in [5.74, 6) is -1.70. The number of hydrogen-bond donors (Lipinski definition) is 1. The quantitative estimate of drug-likeness (QED) is 0.419. The van der Waals surface area contributed by atoms with Crippen LogP contribution in [0.2, 0.25) is 0 Å². The molecule has 0 fully saturated rings. The number of carbonyl (C=O) groups is 2. The topological polar surface area (TPSA) is 54.4 Å². The molecule has 0 heterocycles. The van der Waals surface area contributed by atoms with Gasteiger partial charge in [-0.25, -0.2) is 0 Å². The van der Waals surface area contributed by atoms with Crippen LogP contribution in [0.15, 0.2) is 0 Å². The first-order valence-electron chi connectivity index (χ1n) is 1.92. The third-order valence-electron chi connectivity index (χ3n) is 0.563. The van der Waals surface area contributed by atoms with Crippen molar-refractivity contribution in [2.45, 2.75) is 12.5 Å². The SMILES string of the molecule is CC(=O)C(=O)C(O)Cl. The highest BCUT2D eigenvalue weighted by Crippen LogP contribution is 1.91. The third-order valence-corrected chi connectivity index (χ3v) is 0.762. The zero-order chi connectivity index (χ0) is 6.73. The molecule has 1 atom stereocenters. The first kappa shape index (κ1) is 7.59. The van der Waals surface area contributed by atoms with Crippen LogP contribution in [0.3, 0.4) is 0 Å². The average molecular weight is 137 g/mol. The minimum absolute atomic E-state index is 0.729. The van der Waals surface area contributed by atoms with Crippen molar-refractivity contribution in [2.24, 2.45) is 0 Å². The lowest BCUT2D eigenvalue weighted by Gasteiger charge is -1.92. The molecule has 0 radical (unpaired) electrons. The van der Waals surface area contributed by atoms with Gasteiger partial charge in [0.2, 0.25) is 5.78 Å². The Labute approximate surface area is 51.3 Å². The normalized spacial score (nSPS) is 12.9. The maximum absolute atomic E-state index is 10.1. The van der Waals surface area contributed by atoms with Crippen molar-refractivity contribution in [2.75, 3.05) is 0 Å². The molecular formula is C4H5ClO3. The molecule has 46 valence electrons. The fourth-order valence-electron chi connectivity index (χ4n) is 0.168. The minimum atomic E-state index is -1.67. The zero-order valence-corrected chi connectivity index (χ0v) is 4.97. The Hall–Kier alpha value is -0.410. The Balaban J connectivity index is 3.84. The van der Waals surface area contributed by atoms with Gasteiger partial charge in [-0.3, -0.25) is 9.59 Å². The predicted octanol–water partition coefficient (Wildman–Crippen LogP) is -0.298. The average Bonchev–Trinajstić information content (AvgIpc) is 1.64. The van der Waals surface area contributed by atoms with Gasteiger partial charge in [-0.15, -0.1) is 0 Å². The molecule has 1 N–H and O–H groups in total. The lowest BCUT2D eigenvalue weighted by Crippen LogP contribution is -2.20. The van der Waals surface area contributed by atoms with Crippen molar-refractivity contribution >= 4 is 23.2 Å². The molecule has 0 aromatic rings. The van der Waals surface area contributed by atoms with Crippen LogP contribution < -0.4 is 0 Å². The number of ketones is 2. The number of Topliss-reactive ketones (excluding diaryl/α,β-unsaturated/α-hetero) is 2. The summed E-state index contributed by atoms with van der Waals surface area (Å²) in [5, 5.41) is 8.19. The molecule has 0 aliphatic rings. The van der Waals surface area contributed by atoms with Gasteiger partial charge in [0.05, 0.1) is 0 Å². The molecule has 4 heteroatoms. The van der Waals surface area contributed by atoms with Crippen molar-refractivity contribution in [3.63, 3.8) is 0 Å². The van der Waals surface area contributed by atoms with Gasteiger partial charge in [0.1, 0.15) is 0 Å². The molecular weight excluding hydrogens is 131 g/mol. The van der Waals surface area contributed by atoms with Gasteiger partial charge in [0, 0.05) is 6.92 Å². The van der Waals surface area contributed by atoms with E-state index in [0.717, 1.165) is 6.92 Å². The minimum Gasteiger partial charge on any atom is -0.371 e. The smallest absolute Gasteiger partial charge is 0.241 e. The van der Waals surface area contributed by atoms with E-state index in [9.17, 15) is 9.59 Å². The van der Waals surface area contributed by atoms with E-state index in [1.165, 1.54) is 0 Å². The highest BCUT2D eigenvalue weighted by molar-refractivity contribution is 6.48. The van der Waals surface area contributed by atoms with Crippen molar-refractivity contribution in [3.05, 3.63) is 0 Å². The lowest BCUT2D eigenvalue weighted by molar-refractivity contribution is -0.138. The molecule has 8 heavy (non-hydrogen) atoms. The Morgan fingerprint density at radius 2 is 2.00 bits per heavy atom. The third kappa shape index (κ3) is 2.04. The van der Waals surface area contributed by atoms with E-state index in [0.29, 0.717) is 0 Å². The Bertz CT molecular complexity index is 118. The molecule has 0 spiro atoms.